The maximum atomic E-state index is 12.2. The van der Waals surface area contributed by atoms with Crippen LogP contribution in [-0.4, -0.2) is 41.1 Å². The Bertz CT molecular complexity index is 1230. The molecule has 0 radical (unpaired) electrons. The smallest absolute Gasteiger partial charge is 0.251 e. The van der Waals surface area contributed by atoms with Crippen LogP contribution in [0.1, 0.15) is 45.2 Å². The van der Waals surface area contributed by atoms with Crippen LogP contribution in [0, 0.1) is 0 Å². The van der Waals surface area contributed by atoms with E-state index in [-0.39, 0.29) is 11.5 Å². The van der Waals surface area contributed by atoms with Gasteiger partial charge in [-0.05, 0) is 61.1 Å². The van der Waals surface area contributed by atoms with Gasteiger partial charge < -0.3 is 10.3 Å². The number of H-pyrrole nitrogens is 1. The van der Waals surface area contributed by atoms with Gasteiger partial charge in [-0.25, -0.2) is 0 Å². The number of aryl methyl sites for hydroxylation is 1. The summed E-state index contributed by atoms with van der Waals surface area (Å²) in [6.45, 7) is 9.54. The molecule has 3 heterocycles. The van der Waals surface area contributed by atoms with Crippen LogP contribution in [0.25, 0.3) is 11.0 Å². The van der Waals surface area contributed by atoms with Gasteiger partial charge in [0.05, 0.1) is 24.2 Å². The number of pyridine rings is 2. The van der Waals surface area contributed by atoms with Crippen molar-refractivity contribution < 1.29 is 9.63 Å². The van der Waals surface area contributed by atoms with E-state index in [2.05, 4.69) is 21.4 Å². The van der Waals surface area contributed by atoms with E-state index in [1.807, 2.05) is 69.3 Å². The van der Waals surface area contributed by atoms with Gasteiger partial charge in [0.1, 0.15) is 0 Å². The van der Waals surface area contributed by atoms with Crippen molar-refractivity contribution in [3.05, 3.63) is 86.4 Å². The van der Waals surface area contributed by atoms with Gasteiger partial charge in [0.15, 0.2) is 0 Å². The zero-order valence-electron chi connectivity index (χ0n) is 20.7. The molecular formula is C27H34N4O3. The number of likely N-dealkylation sites (N-methyl/N-ethyl adjacent to an activating group) is 1. The van der Waals surface area contributed by atoms with Crippen molar-refractivity contribution in [2.24, 2.45) is 0 Å². The van der Waals surface area contributed by atoms with Crippen LogP contribution in [0.2, 0.25) is 0 Å². The van der Waals surface area contributed by atoms with Crippen molar-refractivity contribution in [3.63, 3.8) is 0 Å². The molecule has 0 saturated carbocycles. The molecule has 3 rings (SSSR count). The number of aromatic amines is 1. The van der Waals surface area contributed by atoms with Gasteiger partial charge in [0.2, 0.25) is 0 Å². The quantitative estimate of drug-likeness (QED) is 0.455. The molecular weight excluding hydrogens is 428 g/mol. The van der Waals surface area contributed by atoms with Gasteiger partial charge in [-0.1, -0.05) is 38.2 Å². The zero-order valence-corrected chi connectivity index (χ0v) is 20.7. The van der Waals surface area contributed by atoms with Crippen LogP contribution in [0.3, 0.4) is 0 Å². The summed E-state index contributed by atoms with van der Waals surface area (Å²) in [5.74, 6) is -0.0811. The fourth-order valence-corrected chi connectivity index (χ4v) is 3.96. The molecule has 7 nitrogen and oxygen atoms in total. The number of nitrogens with zero attached hydrogens (tertiary/aromatic N) is 2. The maximum absolute atomic E-state index is 12.2. The number of amides is 1. The Morgan fingerprint density at radius 2 is 2.12 bits per heavy atom. The van der Waals surface area contributed by atoms with E-state index in [4.69, 9.17) is 4.84 Å². The van der Waals surface area contributed by atoms with Crippen LogP contribution in [-0.2, 0) is 22.6 Å². The Kier molecular flexibility index (Phi) is 8.73. The molecule has 1 aliphatic heterocycles. The Labute approximate surface area is 200 Å². The van der Waals surface area contributed by atoms with Gasteiger partial charge in [0, 0.05) is 30.9 Å². The van der Waals surface area contributed by atoms with Crippen molar-refractivity contribution >= 4 is 16.9 Å². The van der Waals surface area contributed by atoms with E-state index in [0.717, 1.165) is 45.3 Å². The minimum atomic E-state index is -0.0811. The number of hydrogen-bond acceptors (Lipinski definition) is 5. The molecule has 0 unspecified atom stereocenters. The molecule has 0 fully saturated rings. The topological polar surface area (TPSA) is 87.3 Å². The molecule has 0 aliphatic carbocycles. The van der Waals surface area contributed by atoms with E-state index in [1.54, 1.807) is 7.05 Å². The van der Waals surface area contributed by atoms with E-state index in [9.17, 15) is 9.59 Å². The molecule has 0 aromatic carbocycles. The summed E-state index contributed by atoms with van der Waals surface area (Å²) in [7, 11) is 1.65. The second-order valence-electron chi connectivity index (χ2n) is 8.26. The summed E-state index contributed by atoms with van der Waals surface area (Å²) in [6.07, 6.45) is 11.5. The van der Waals surface area contributed by atoms with Crippen LogP contribution in [0.15, 0.2) is 69.7 Å². The summed E-state index contributed by atoms with van der Waals surface area (Å²) in [5.41, 5.74) is 6.89. The number of allylic oxidation sites excluding steroid dienone is 3. The van der Waals surface area contributed by atoms with Crippen molar-refractivity contribution in [2.45, 2.75) is 47.1 Å². The van der Waals surface area contributed by atoms with Gasteiger partial charge in [-0.15, -0.1) is 0 Å². The third-order valence-electron chi connectivity index (χ3n) is 5.87. The minimum Gasteiger partial charge on any atom is -0.355 e. The van der Waals surface area contributed by atoms with E-state index < -0.39 is 0 Å². The largest absolute Gasteiger partial charge is 0.355 e. The minimum absolute atomic E-state index is 0.0636. The van der Waals surface area contributed by atoms with Crippen LogP contribution >= 0.6 is 0 Å². The molecule has 0 saturated heterocycles. The first-order valence-electron chi connectivity index (χ1n) is 11.7. The Balaban J connectivity index is 1.72. The van der Waals surface area contributed by atoms with E-state index >= 15 is 0 Å². The van der Waals surface area contributed by atoms with Crippen LogP contribution in [0.4, 0.5) is 0 Å². The van der Waals surface area contributed by atoms with Crippen LogP contribution < -0.4 is 10.9 Å². The highest BCUT2D eigenvalue weighted by atomic mass is 16.7. The standard InChI is InChI=1S/C27H34N4O3/c1-6-9-23(27(33)28-5)18(4)12-20(7-2)22-10-11-31(34-17-22)16-19-13-25-24(29-15-19)14-21(8-3)26(32)30-25/h7,9-10,12-15H,6,8,11,16-17H2,1-5H3,(H,28,33)(H,30,32)/b18-12-,20-7+,23-9-. The number of rotatable bonds is 8. The molecule has 2 aromatic rings. The predicted octanol–water partition coefficient (Wildman–Crippen LogP) is 4.13. The van der Waals surface area contributed by atoms with E-state index in [0.29, 0.717) is 31.7 Å². The van der Waals surface area contributed by atoms with Crippen molar-refractivity contribution in [1.29, 1.82) is 0 Å². The first kappa shape index (κ1) is 25.3. The number of carbonyl (C=O) groups is 1. The number of hydroxylamine groups is 2. The maximum Gasteiger partial charge on any atom is 0.251 e. The number of aromatic nitrogens is 2. The summed E-state index contributed by atoms with van der Waals surface area (Å²) in [4.78, 5) is 37.8. The lowest BCUT2D eigenvalue weighted by Gasteiger charge is -2.26. The second kappa shape index (κ2) is 11.7. The first-order chi connectivity index (χ1) is 16.4. The highest BCUT2D eigenvalue weighted by Crippen LogP contribution is 2.22. The van der Waals surface area contributed by atoms with Crippen molar-refractivity contribution in [2.75, 3.05) is 20.2 Å². The molecule has 0 atom stereocenters. The molecule has 0 bridgehead atoms. The van der Waals surface area contributed by atoms with Crippen molar-refractivity contribution in [3.8, 4) is 0 Å². The lowest BCUT2D eigenvalue weighted by Crippen LogP contribution is -2.29. The number of fused-ring (bicyclic) bond motifs is 1. The summed E-state index contributed by atoms with van der Waals surface area (Å²) in [6, 6.07) is 3.80. The second-order valence-corrected chi connectivity index (χ2v) is 8.26. The molecule has 7 heteroatoms. The molecule has 0 spiro atoms. The zero-order chi connectivity index (χ0) is 24.7. The fraction of sp³-hybridized carbons (Fsp3) is 0.370. The SMILES string of the molecule is C\C=C(/C=C(C)\C(=C\CC)C(=O)NC)C1=CCN(Cc2cnc3cc(CC)c(=O)[nH]c3c2)OC1. The van der Waals surface area contributed by atoms with Gasteiger partial charge >= 0.3 is 0 Å². The monoisotopic (exact) mass is 462 g/mol. The van der Waals surface area contributed by atoms with Gasteiger partial charge in [0.25, 0.3) is 11.5 Å². The fourth-order valence-electron chi connectivity index (χ4n) is 3.96. The Morgan fingerprint density at radius 3 is 2.74 bits per heavy atom. The van der Waals surface area contributed by atoms with Gasteiger partial charge in [-0.2, -0.15) is 5.06 Å². The highest BCUT2D eigenvalue weighted by Gasteiger charge is 2.17. The Hall–Kier alpha value is -3.29. The van der Waals surface area contributed by atoms with Gasteiger partial charge in [-0.3, -0.25) is 19.4 Å². The summed E-state index contributed by atoms with van der Waals surface area (Å²) < 4.78 is 0. The predicted molar refractivity (Wildman–Crippen MR) is 136 cm³/mol. The Morgan fingerprint density at radius 1 is 1.32 bits per heavy atom. The third-order valence-corrected chi connectivity index (χ3v) is 5.87. The number of carbonyl (C=O) groups excluding carboxylic acids is 1. The summed E-state index contributed by atoms with van der Waals surface area (Å²) >= 11 is 0. The average molecular weight is 463 g/mol. The molecule has 2 N–H and O–H groups in total. The lowest BCUT2D eigenvalue weighted by molar-refractivity contribution is -0.156. The van der Waals surface area contributed by atoms with Crippen molar-refractivity contribution in [1.82, 2.24) is 20.3 Å². The molecule has 34 heavy (non-hydrogen) atoms. The first-order valence-corrected chi connectivity index (χ1v) is 11.7. The van der Waals surface area contributed by atoms with E-state index in [1.165, 1.54) is 0 Å². The molecule has 2 aromatic heterocycles. The number of hydrogen-bond donors (Lipinski definition) is 2. The average Bonchev–Trinajstić information content (AvgIpc) is 2.85. The van der Waals surface area contributed by atoms with Crippen LogP contribution in [0.5, 0.6) is 0 Å². The highest BCUT2D eigenvalue weighted by molar-refractivity contribution is 5.97. The molecule has 180 valence electrons. The lowest BCUT2D eigenvalue weighted by atomic mass is 9.98. The molecule has 1 amide bonds. The number of nitrogens with one attached hydrogen (secondary N) is 2. The summed E-state index contributed by atoms with van der Waals surface area (Å²) in [5, 5.41) is 4.59. The normalized spacial score (nSPS) is 16.0. The third kappa shape index (κ3) is 5.98. The molecule has 1 aliphatic rings.